The molecule has 1 aromatic heterocycles. The molecule has 0 atom stereocenters. The van der Waals surface area contributed by atoms with Gasteiger partial charge >= 0.3 is 0 Å². The summed E-state index contributed by atoms with van der Waals surface area (Å²) in [6.45, 7) is 0. The van der Waals surface area contributed by atoms with E-state index in [4.69, 9.17) is 0 Å². The summed E-state index contributed by atoms with van der Waals surface area (Å²) in [5.74, 6) is 0.816. The number of halogens is 1. The molecule has 0 aliphatic carbocycles. The van der Waals surface area contributed by atoms with Gasteiger partial charge in [0.25, 0.3) is 0 Å². The third kappa shape index (κ3) is 1.30. The van der Waals surface area contributed by atoms with E-state index in [-0.39, 0.29) is 0 Å². The van der Waals surface area contributed by atoms with Crippen molar-refractivity contribution in [1.82, 2.24) is 0 Å². The zero-order valence-electron chi connectivity index (χ0n) is 6.25. The van der Waals surface area contributed by atoms with Crippen molar-refractivity contribution < 1.29 is 0 Å². The van der Waals surface area contributed by atoms with E-state index in [0.717, 1.165) is 5.75 Å². The average Bonchev–Trinajstić information content (AvgIpc) is 2.49. The Labute approximate surface area is 89.1 Å². The lowest BCUT2D eigenvalue weighted by Crippen LogP contribution is -1.72. The normalized spacial score (nSPS) is 10.8. The van der Waals surface area contributed by atoms with Crippen LogP contribution in [0.5, 0.6) is 0 Å². The Morgan fingerprint density at radius 1 is 1.42 bits per heavy atom. The highest BCUT2D eigenvalue weighted by Crippen LogP contribution is 2.32. The molecule has 62 valence electrons. The molecule has 1 heterocycles. The van der Waals surface area contributed by atoms with Crippen LogP contribution in [0.4, 0.5) is 0 Å². The third-order valence-corrected chi connectivity index (χ3v) is 4.14. The van der Waals surface area contributed by atoms with Gasteiger partial charge in [-0.1, -0.05) is 12.1 Å². The van der Waals surface area contributed by atoms with Gasteiger partial charge in [-0.3, -0.25) is 0 Å². The summed E-state index contributed by atoms with van der Waals surface area (Å²) < 4.78 is 2.50. The number of rotatable bonds is 1. The summed E-state index contributed by atoms with van der Waals surface area (Å²) in [5.41, 5.74) is 1.32. The Morgan fingerprint density at radius 2 is 2.25 bits per heavy atom. The van der Waals surface area contributed by atoms with Gasteiger partial charge in [0, 0.05) is 14.9 Å². The van der Waals surface area contributed by atoms with Crippen LogP contribution in [0.25, 0.3) is 10.1 Å². The summed E-state index contributed by atoms with van der Waals surface area (Å²) in [5, 5.41) is 3.49. The summed E-state index contributed by atoms with van der Waals surface area (Å²) in [6, 6.07) is 6.27. The van der Waals surface area contributed by atoms with Crippen LogP contribution in [0.3, 0.4) is 0 Å². The highest BCUT2D eigenvalue weighted by atomic mass is 79.9. The van der Waals surface area contributed by atoms with Crippen LogP contribution in [-0.2, 0) is 5.75 Å². The minimum Gasteiger partial charge on any atom is -0.174 e. The minimum absolute atomic E-state index is 0.816. The number of fused-ring (bicyclic) bond motifs is 1. The molecule has 0 bridgehead atoms. The molecule has 0 amide bonds. The summed E-state index contributed by atoms with van der Waals surface area (Å²) in [6.07, 6.45) is 0. The Hall–Kier alpha value is 0.01000. The van der Waals surface area contributed by atoms with Crippen LogP contribution >= 0.6 is 39.9 Å². The molecule has 1 aromatic carbocycles. The molecule has 2 rings (SSSR count). The van der Waals surface area contributed by atoms with Gasteiger partial charge in [-0.2, -0.15) is 12.6 Å². The first-order valence-electron chi connectivity index (χ1n) is 3.58. The first-order valence-corrected chi connectivity index (χ1v) is 5.89. The van der Waals surface area contributed by atoms with Crippen molar-refractivity contribution in [1.29, 1.82) is 0 Å². The van der Waals surface area contributed by atoms with Crippen LogP contribution < -0.4 is 0 Å². The largest absolute Gasteiger partial charge is 0.174 e. The second kappa shape index (κ2) is 3.40. The van der Waals surface area contributed by atoms with Gasteiger partial charge in [0.2, 0.25) is 0 Å². The lowest BCUT2D eigenvalue weighted by molar-refractivity contribution is 1.53. The Kier molecular flexibility index (Phi) is 2.44. The van der Waals surface area contributed by atoms with E-state index >= 15 is 0 Å². The lowest BCUT2D eigenvalue weighted by Gasteiger charge is -1.94. The van der Waals surface area contributed by atoms with Crippen molar-refractivity contribution in [3.63, 3.8) is 0 Å². The fraction of sp³-hybridized carbons (Fsp3) is 0.111. The van der Waals surface area contributed by atoms with Gasteiger partial charge in [-0.15, -0.1) is 11.3 Å². The first kappa shape index (κ1) is 8.60. The number of thiol groups is 1. The predicted octanol–water partition coefficient (Wildman–Crippen LogP) is 4.09. The Morgan fingerprint density at radius 3 is 3.00 bits per heavy atom. The summed E-state index contributed by atoms with van der Waals surface area (Å²) in [7, 11) is 0. The number of hydrogen-bond donors (Lipinski definition) is 1. The van der Waals surface area contributed by atoms with E-state index in [1.54, 1.807) is 11.3 Å². The predicted molar refractivity (Wildman–Crippen MR) is 62.2 cm³/mol. The van der Waals surface area contributed by atoms with E-state index < -0.39 is 0 Å². The molecule has 0 aliphatic heterocycles. The molecule has 0 saturated carbocycles. The van der Waals surface area contributed by atoms with Crippen LogP contribution in [0.2, 0.25) is 0 Å². The molecule has 0 aliphatic rings. The van der Waals surface area contributed by atoms with Crippen molar-refractivity contribution in [2.24, 2.45) is 0 Å². The van der Waals surface area contributed by atoms with Gasteiger partial charge in [0.1, 0.15) is 0 Å². The fourth-order valence-electron chi connectivity index (χ4n) is 1.20. The van der Waals surface area contributed by atoms with Crippen LogP contribution in [-0.4, -0.2) is 0 Å². The van der Waals surface area contributed by atoms with Gasteiger partial charge in [-0.25, -0.2) is 0 Å². The van der Waals surface area contributed by atoms with Gasteiger partial charge in [0.05, 0.1) is 0 Å². The topological polar surface area (TPSA) is 0 Å². The highest BCUT2D eigenvalue weighted by molar-refractivity contribution is 9.10. The molecule has 0 unspecified atom stereocenters. The van der Waals surface area contributed by atoms with E-state index in [1.807, 2.05) is 0 Å². The van der Waals surface area contributed by atoms with Crippen molar-refractivity contribution >= 4 is 50.0 Å². The summed E-state index contributed by atoms with van der Waals surface area (Å²) >= 11 is 9.57. The van der Waals surface area contributed by atoms with Gasteiger partial charge in [0.15, 0.2) is 0 Å². The first-order chi connectivity index (χ1) is 5.83. The molecule has 0 radical (unpaired) electrons. The van der Waals surface area contributed by atoms with E-state index in [9.17, 15) is 0 Å². The molecule has 2 aromatic rings. The zero-order valence-corrected chi connectivity index (χ0v) is 9.55. The molecule has 0 nitrogen and oxygen atoms in total. The molecular weight excluding hydrogens is 252 g/mol. The van der Waals surface area contributed by atoms with Crippen molar-refractivity contribution in [2.75, 3.05) is 0 Å². The Bertz CT molecular complexity index is 406. The smallest absolute Gasteiger partial charge is 0.0487 e. The van der Waals surface area contributed by atoms with Crippen molar-refractivity contribution in [2.45, 2.75) is 5.75 Å². The van der Waals surface area contributed by atoms with Crippen molar-refractivity contribution in [3.05, 3.63) is 33.6 Å². The molecule has 0 spiro atoms. The maximum absolute atomic E-state index is 4.28. The van der Waals surface area contributed by atoms with E-state index in [2.05, 4.69) is 52.1 Å². The minimum atomic E-state index is 0.816. The average molecular weight is 259 g/mol. The molecular formula is C9H7BrS2. The second-order valence-electron chi connectivity index (χ2n) is 2.54. The molecule has 3 heteroatoms. The molecule has 0 fully saturated rings. The molecule has 12 heavy (non-hydrogen) atoms. The highest BCUT2D eigenvalue weighted by Gasteiger charge is 2.03. The van der Waals surface area contributed by atoms with Gasteiger partial charge in [-0.05, 0) is 38.3 Å². The summed E-state index contributed by atoms with van der Waals surface area (Å²) in [4.78, 5) is 0. The number of hydrogen-bond acceptors (Lipinski definition) is 2. The molecule has 0 saturated heterocycles. The SMILES string of the molecule is SCc1csc2c(Br)cccc12. The Balaban J connectivity index is 2.80. The fourth-order valence-corrected chi connectivity index (χ4v) is 3.21. The maximum Gasteiger partial charge on any atom is 0.0487 e. The number of thiophene rings is 1. The van der Waals surface area contributed by atoms with Gasteiger partial charge < -0.3 is 0 Å². The zero-order chi connectivity index (χ0) is 8.55. The monoisotopic (exact) mass is 258 g/mol. The standard InChI is InChI=1S/C9H7BrS2/c10-8-3-1-2-7-6(4-11)5-12-9(7)8/h1-3,5,11H,4H2. The van der Waals surface area contributed by atoms with E-state index in [1.165, 1.54) is 20.1 Å². The van der Waals surface area contributed by atoms with E-state index in [0.29, 0.717) is 0 Å². The van der Waals surface area contributed by atoms with Crippen molar-refractivity contribution in [3.8, 4) is 0 Å². The molecule has 0 N–H and O–H groups in total. The maximum atomic E-state index is 4.28. The quantitative estimate of drug-likeness (QED) is 0.732. The number of benzene rings is 1. The lowest BCUT2D eigenvalue weighted by atomic mass is 10.2. The van der Waals surface area contributed by atoms with Crippen LogP contribution in [0, 0.1) is 0 Å². The third-order valence-electron chi connectivity index (χ3n) is 1.80. The van der Waals surface area contributed by atoms with Crippen LogP contribution in [0.1, 0.15) is 5.56 Å². The second-order valence-corrected chi connectivity index (χ2v) is 4.59. The van der Waals surface area contributed by atoms with Crippen LogP contribution in [0.15, 0.2) is 28.1 Å².